The maximum absolute atomic E-state index is 5.41. The summed E-state index contributed by atoms with van der Waals surface area (Å²) in [5, 5.41) is 4.83. The fourth-order valence-corrected chi connectivity index (χ4v) is 9.09. The first-order valence-corrected chi connectivity index (χ1v) is 19.5. The molecule has 262 valence electrons. The highest BCUT2D eigenvalue weighted by atomic mass is 32.1. The number of nitrogens with zero attached hydrogens (tertiary/aromatic N) is 5. The van der Waals surface area contributed by atoms with Crippen molar-refractivity contribution in [3.63, 3.8) is 0 Å². The van der Waals surface area contributed by atoms with Crippen molar-refractivity contribution in [1.82, 2.24) is 24.5 Å². The molecule has 0 saturated heterocycles. The van der Waals surface area contributed by atoms with Crippen molar-refractivity contribution in [2.24, 2.45) is 0 Å². The Morgan fingerprint density at radius 1 is 0.393 bits per heavy atom. The Kier molecular flexibility index (Phi) is 7.60. The van der Waals surface area contributed by atoms with E-state index in [0.29, 0.717) is 17.5 Å². The van der Waals surface area contributed by atoms with Gasteiger partial charge in [-0.2, -0.15) is 0 Å². The van der Waals surface area contributed by atoms with E-state index in [9.17, 15) is 0 Å². The molecule has 11 rings (SSSR count). The summed E-state index contributed by atoms with van der Waals surface area (Å²) in [6, 6.07) is 63.4. The molecule has 0 N–H and O–H groups in total. The highest BCUT2D eigenvalue weighted by Gasteiger charge is 2.23. The van der Waals surface area contributed by atoms with Gasteiger partial charge >= 0.3 is 0 Å². The molecule has 11 aromatic rings. The Morgan fingerprint density at radius 3 is 1.66 bits per heavy atom. The van der Waals surface area contributed by atoms with Crippen LogP contribution < -0.4 is 0 Å². The molecular formula is C50H31N5S. The molecule has 0 spiro atoms. The number of fused-ring (bicyclic) bond motifs is 7. The molecule has 0 saturated carbocycles. The second-order valence-corrected chi connectivity index (χ2v) is 14.9. The number of hydrogen-bond acceptors (Lipinski definition) is 5. The third-order valence-corrected chi connectivity index (χ3v) is 11.7. The first-order valence-electron chi connectivity index (χ1n) is 18.6. The van der Waals surface area contributed by atoms with Crippen molar-refractivity contribution in [1.29, 1.82) is 0 Å². The summed E-state index contributed by atoms with van der Waals surface area (Å²) in [5.41, 5.74) is 9.16. The number of rotatable bonds is 6. The monoisotopic (exact) mass is 733 g/mol. The molecule has 0 amide bonds. The number of aromatic nitrogens is 5. The summed E-state index contributed by atoms with van der Waals surface area (Å²) in [6.45, 7) is 0. The molecule has 56 heavy (non-hydrogen) atoms. The average molecular weight is 734 g/mol. The van der Waals surface area contributed by atoms with Crippen LogP contribution in [0.3, 0.4) is 0 Å². The quantitative estimate of drug-likeness (QED) is 0.171. The molecule has 4 heterocycles. The van der Waals surface area contributed by atoms with Gasteiger partial charge in [0.1, 0.15) is 5.82 Å². The first-order chi connectivity index (χ1) is 27.8. The minimum Gasteiger partial charge on any atom is -0.292 e. The standard InChI is InChI=1S/C50H31N5S/c1-4-15-32(16-5-1)35-21-14-22-36(29-35)37-30-42(49-53-47(33-17-6-2-7-18-33)52-48(54-49)34-19-8-3-9-20-34)50(51-31-37)55-43-25-12-10-23-38(43)40-27-28-41-39-24-11-13-26-44(39)56-46(41)45(40)55/h1-31H. The molecule has 0 bridgehead atoms. The van der Waals surface area contributed by atoms with Crippen LogP contribution in [0.1, 0.15) is 0 Å². The lowest BCUT2D eigenvalue weighted by Gasteiger charge is -2.16. The van der Waals surface area contributed by atoms with Gasteiger partial charge in [-0.3, -0.25) is 4.57 Å². The van der Waals surface area contributed by atoms with Crippen LogP contribution >= 0.6 is 11.3 Å². The van der Waals surface area contributed by atoms with Gasteiger partial charge in [-0.1, -0.05) is 158 Å². The number of hydrogen-bond donors (Lipinski definition) is 0. The fourth-order valence-electron chi connectivity index (χ4n) is 7.85. The summed E-state index contributed by atoms with van der Waals surface area (Å²) >= 11 is 1.83. The van der Waals surface area contributed by atoms with Crippen LogP contribution in [-0.4, -0.2) is 24.5 Å². The minimum absolute atomic E-state index is 0.552. The summed E-state index contributed by atoms with van der Waals surface area (Å²) < 4.78 is 4.81. The van der Waals surface area contributed by atoms with E-state index in [2.05, 4.69) is 120 Å². The second kappa shape index (κ2) is 13.2. The van der Waals surface area contributed by atoms with Crippen molar-refractivity contribution >= 4 is 53.3 Å². The van der Waals surface area contributed by atoms with Crippen molar-refractivity contribution in [3.8, 4) is 62.2 Å². The molecule has 5 nitrogen and oxygen atoms in total. The van der Waals surface area contributed by atoms with Gasteiger partial charge in [0.05, 0.1) is 21.3 Å². The summed E-state index contributed by atoms with van der Waals surface area (Å²) in [7, 11) is 0. The average Bonchev–Trinajstić information content (AvgIpc) is 3.83. The van der Waals surface area contributed by atoms with E-state index < -0.39 is 0 Å². The molecule has 0 radical (unpaired) electrons. The van der Waals surface area contributed by atoms with Crippen LogP contribution in [0.5, 0.6) is 0 Å². The van der Waals surface area contributed by atoms with Gasteiger partial charge in [-0.25, -0.2) is 19.9 Å². The zero-order valence-electron chi connectivity index (χ0n) is 30.0. The summed E-state index contributed by atoms with van der Waals surface area (Å²) in [6.07, 6.45) is 1.99. The first kappa shape index (κ1) is 32.2. The van der Waals surface area contributed by atoms with Gasteiger partial charge < -0.3 is 0 Å². The number of pyridine rings is 1. The van der Waals surface area contributed by atoms with Crippen LogP contribution in [0.25, 0.3) is 104 Å². The lowest BCUT2D eigenvalue weighted by atomic mass is 9.99. The Bertz CT molecular complexity index is 3190. The van der Waals surface area contributed by atoms with Crippen LogP contribution in [0.4, 0.5) is 0 Å². The topological polar surface area (TPSA) is 56.5 Å². The molecule has 0 aliphatic carbocycles. The highest BCUT2D eigenvalue weighted by molar-refractivity contribution is 7.26. The molecule has 0 atom stereocenters. The zero-order valence-corrected chi connectivity index (χ0v) is 30.9. The van der Waals surface area contributed by atoms with Crippen LogP contribution in [0.15, 0.2) is 188 Å². The Hall–Kier alpha value is -7.28. The molecule has 0 unspecified atom stereocenters. The summed E-state index contributed by atoms with van der Waals surface area (Å²) in [5.74, 6) is 2.51. The molecule has 6 heteroatoms. The maximum atomic E-state index is 5.41. The van der Waals surface area contributed by atoms with Crippen LogP contribution in [0.2, 0.25) is 0 Å². The highest BCUT2D eigenvalue weighted by Crippen LogP contribution is 2.44. The largest absolute Gasteiger partial charge is 0.292 e. The van der Waals surface area contributed by atoms with E-state index in [1.54, 1.807) is 0 Å². The van der Waals surface area contributed by atoms with E-state index in [1.165, 1.54) is 30.9 Å². The van der Waals surface area contributed by atoms with Crippen molar-refractivity contribution in [3.05, 3.63) is 188 Å². The molecule has 0 aliphatic heterocycles. The van der Waals surface area contributed by atoms with Gasteiger partial charge in [0, 0.05) is 49.1 Å². The molecular weight excluding hydrogens is 703 g/mol. The molecule has 7 aromatic carbocycles. The van der Waals surface area contributed by atoms with Crippen molar-refractivity contribution in [2.75, 3.05) is 0 Å². The lowest BCUT2D eigenvalue weighted by Crippen LogP contribution is -2.06. The molecule has 0 aliphatic rings. The Morgan fingerprint density at radius 2 is 0.946 bits per heavy atom. The SMILES string of the molecule is c1ccc(-c2cccc(-c3cnc(-n4c5ccccc5c5ccc6c7ccccc7sc6c54)c(-c4nc(-c5ccccc5)nc(-c5ccccc5)n4)c3)c2)cc1. The smallest absolute Gasteiger partial charge is 0.167 e. The van der Waals surface area contributed by atoms with E-state index in [1.807, 2.05) is 84.3 Å². The summed E-state index contributed by atoms with van der Waals surface area (Å²) in [4.78, 5) is 21.0. The normalized spacial score (nSPS) is 11.6. The van der Waals surface area contributed by atoms with E-state index in [-0.39, 0.29) is 0 Å². The van der Waals surface area contributed by atoms with Crippen molar-refractivity contribution < 1.29 is 0 Å². The van der Waals surface area contributed by atoms with Gasteiger partial charge in [0.25, 0.3) is 0 Å². The van der Waals surface area contributed by atoms with Crippen LogP contribution in [-0.2, 0) is 0 Å². The number of para-hydroxylation sites is 1. The van der Waals surface area contributed by atoms with Gasteiger partial charge in [0.2, 0.25) is 0 Å². The van der Waals surface area contributed by atoms with Gasteiger partial charge in [-0.15, -0.1) is 11.3 Å². The minimum atomic E-state index is 0.552. The third kappa shape index (κ3) is 5.38. The maximum Gasteiger partial charge on any atom is 0.167 e. The van der Waals surface area contributed by atoms with Crippen LogP contribution in [0, 0.1) is 0 Å². The predicted octanol–water partition coefficient (Wildman–Crippen LogP) is 13.1. The Balaban J connectivity index is 1.24. The second-order valence-electron chi connectivity index (χ2n) is 13.9. The zero-order chi connectivity index (χ0) is 37.0. The molecule has 0 fully saturated rings. The lowest BCUT2D eigenvalue weighted by molar-refractivity contribution is 1.04. The van der Waals surface area contributed by atoms with E-state index >= 15 is 0 Å². The molecule has 4 aromatic heterocycles. The number of benzene rings is 7. The van der Waals surface area contributed by atoms with Gasteiger partial charge in [-0.05, 0) is 41.0 Å². The fraction of sp³-hybridized carbons (Fsp3) is 0. The predicted molar refractivity (Wildman–Crippen MR) is 232 cm³/mol. The third-order valence-electron chi connectivity index (χ3n) is 10.5. The Labute approximate surface area is 326 Å². The number of thiophene rings is 1. The van der Waals surface area contributed by atoms with Gasteiger partial charge in [0.15, 0.2) is 17.5 Å². The van der Waals surface area contributed by atoms with E-state index in [0.717, 1.165) is 55.8 Å². The van der Waals surface area contributed by atoms with E-state index in [4.69, 9.17) is 19.9 Å². The van der Waals surface area contributed by atoms with Crippen molar-refractivity contribution in [2.45, 2.75) is 0 Å².